The molecule has 0 saturated heterocycles. The predicted molar refractivity (Wildman–Crippen MR) is 123 cm³/mol. The van der Waals surface area contributed by atoms with Crippen molar-refractivity contribution in [3.8, 4) is 5.75 Å². The van der Waals surface area contributed by atoms with Crippen LogP contribution >= 0.6 is 11.6 Å². The van der Waals surface area contributed by atoms with Crippen LogP contribution in [0.4, 0.5) is 24.5 Å². The number of ether oxygens (including phenoxy) is 1. The van der Waals surface area contributed by atoms with Crippen LogP contribution in [0.1, 0.15) is 26.3 Å². The molecule has 184 valence electrons. The summed E-state index contributed by atoms with van der Waals surface area (Å²) in [7, 11) is -3.29. The van der Waals surface area contributed by atoms with Crippen molar-refractivity contribution in [1.82, 2.24) is 0 Å². The van der Waals surface area contributed by atoms with E-state index < -0.39 is 38.7 Å². The Labute approximate surface area is 203 Å². The second-order valence-corrected chi connectivity index (χ2v) is 9.07. The lowest BCUT2D eigenvalue weighted by molar-refractivity contribution is -0.0500. The van der Waals surface area contributed by atoms with Crippen molar-refractivity contribution in [2.75, 3.05) is 19.1 Å². The highest BCUT2D eigenvalue weighted by molar-refractivity contribution is 7.88. The van der Waals surface area contributed by atoms with E-state index in [4.69, 9.17) is 11.6 Å². The van der Waals surface area contributed by atoms with Gasteiger partial charge in [0.25, 0.3) is 0 Å². The fourth-order valence-electron chi connectivity index (χ4n) is 3.00. The minimum Gasteiger partial charge on any atom is -0.465 e. The highest BCUT2D eigenvalue weighted by Crippen LogP contribution is 2.31. The van der Waals surface area contributed by atoms with Gasteiger partial charge in [0.15, 0.2) is 11.5 Å². The van der Waals surface area contributed by atoms with E-state index >= 15 is 0 Å². The smallest absolute Gasteiger partial charge is 0.465 e. The van der Waals surface area contributed by atoms with Crippen molar-refractivity contribution >= 4 is 44.8 Å². The zero-order valence-electron chi connectivity index (χ0n) is 18.2. The number of hydrogen-bond acceptors (Lipinski definition) is 7. The summed E-state index contributed by atoms with van der Waals surface area (Å²) in [5.74, 6) is -2.68. The van der Waals surface area contributed by atoms with Crippen molar-refractivity contribution in [2.45, 2.75) is 5.51 Å². The van der Waals surface area contributed by atoms with Crippen molar-refractivity contribution in [2.24, 2.45) is 0 Å². The summed E-state index contributed by atoms with van der Waals surface area (Å²) < 4.78 is 69.3. The van der Waals surface area contributed by atoms with Gasteiger partial charge in [0.1, 0.15) is 5.56 Å². The van der Waals surface area contributed by atoms with E-state index in [1.165, 1.54) is 12.1 Å². The second-order valence-electron chi connectivity index (χ2n) is 7.10. The van der Waals surface area contributed by atoms with Crippen LogP contribution in [0.15, 0.2) is 66.7 Å². The average molecular weight is 528 g/mol. The average Bonchev–Trinajstić information content (AvgIpc) is 2.82. The van der Waals surface area contributed by atoms with Gasteiger partial charge in [-0.2, -0.15) is 21.6 Å². The topological polar surface area (TPSA) is 90.0 Å². The number of alkyl halides is 3. The maximum absolute atomic E-state index is 12.9. The Bertz CT molecular complexity index is 1360. The maximum atomic E-state index is 12.9. The van der Waals surface area contributed by atoms with E-state index in [0.717, 1.165) is 36.7 Å². The van der Waals surface area contributed by atoms with Gasteiger partial charge in [-0.3, -0.25) is 4.79 Å². The first-order valence-electron chi connectivity index (χ1n) is 9.71. The number of hydrogen-bond donors (Lipinski definition) is 0. The molecular weight excluding hydrogens is 511 g/mol. The number of ketones is 1. The van der Waals surface area contributed by atoms with Crippen LogP contribution in [0.5, 0.6) is 5.75 Å². The Morgan fingerprint density at radius 1 is 0.886 bits per heavy atom. The van der Waals surface area contributed by atoms with Gasteiger partial charge in [-0.25, -0.2) is 4.79 Å². The van der Waals surface area contributed by atoms with Crippen molar-refractivity contribution < 1.29 is 40.1 Å². The molecule has 0 aliphatic rings. The number of esters is 1. The Kier molecular flexibility index (Phi) is 7.41. The lowest BCUT2D eigenvalue weighted by Gasteiger charge is -2.19. The number of carbonyl (C=O) groups is 2. The molecule has 0 aromatic heterocycles. The SMILES string of the molecule is COC(=O)c1cc(C(=O)c2ccc(N(C)c3ccc(Cl)cc3)cc2)ccc1OS(=O)(=O)C(F)(F)F. The molecule has 0 N–H and O–H groups in total. The van der Waals surface area contributed by atoms with Gasteiger partial charge in [0, 0.05) is 34.6 Å². The standard InChI is InChI=1S/C23H17ClF3NO6S/c1-28(18-10-6-16(24)7-11-18)17-8-3-14(4-9-17)21(29)15-5-12-20(19(13-15)22(30)33-2)34-35(31,32)23(25,26)27/h3-13H,1-2H3. The summed E-state index contributed by atoms with van der Waals surface area (Å²) >= 11 is 5.90. The molecule has 35 heavy (non-hydrogen) atoms. The van der Waals surface area contributed by atoms with Crippen LogP contribution < -0.4 is 9.08 Å². The normalized spacial score (nSPS) is 11.6. The third kappa shape index (κ3) is 5.75. The van der Waals surface area contributed by atoms with E-state index in [1.54, 1.807) is 24.3 Å². The molecule has 0 bridgehead atoms. The Hall–Kier alpha value is -3.57. The zero-order valence-corrected chi connectivity index (χ0v) is 19.7. The van der Waals surface area contributed by atoms with E-state index in [2.05, 4.69) is 8.92 Å². The summed E-state index contributed by atoms with van der Waals surface area (Å²) in [6.45, 7) is 0. The molecular formula is C23H17ClF3NO6S. The fraction of sp³-hybridized carbons (Fsp3) is 0.130. The third-order valence-electron chi connectivity index (χ3n) is 4.86. The molecule has 0 aliphatic carbocycles. The molecule has 0 fully saturated rings. The molecule has 12 heteroatoms. The summed E-state index contributed by atoms with van der Waals surface area (Å²) in [5.41, 5.74) is -4.66. The molecule has 3 aromatic rings. The van der Waals surface area contributed by atoms with Gasteiger partial charge < -0.3 is 13.8 Å². The molecule has 0 spiro atoms. The largest absolute Gasteiger partial charge is 0.534 e. The first-order chi connectivity index (χ1) is 16.3. The quantitative estimate of drug-likeness (QED) is 0.177. The van der Waals surface area contributed by atoms with Crippen LogP contribution in [-0.2, 0) is 14.9 Å². The Morgan fingerprint density at radius 2 is 1.40 bits per heavy atom. The van der Waals surface area contributed by atoms with Gasteiger partial charge >= 0.3 is 21.6 Å². The number of benzene rings is 3. The van der Waals surface area contributed by atoms with Crippen molar-refractivity contribution in [1.29, 1.82) is 0 Å². The maximum Gasteiger partial charge on any atom is 0.534 e. The van der Waals surface area contributed by atoms with Crippen LogP contribution in [0.2, 0.25) is 5.02 Å². The zero-order chi connectivity index (χ0) is 26.0. The molecule has 0 saturated carbocycles. The van der Waals surface area contributed by atoms with Crippen LogP contribution in [0.25, 0.3) is 0 Å². The summed E-state index contributed by atoms with van der Waals surface area (Å²) in [6.07, 6.45) is 0. The second kappa shape index (κ2) is 9.96. The Morgan fingerprint density at radius 3 is 1.91 bits per heavy atom. The molecule has 7 nitrogen and oxygen atoms in total. The number of nitrogens with zero attached hydrogens (tertiary/aromatic N) is 1. The number of methoxy groups -OCH3 is 1. The van der Waals surface area contributed by atoms with Gasteiger partial charge in [0.05, 0.1) is 7.11 Å². The van der Waals surface area contributed by atoms with Crippen LogP contribution in [-0.4, -0.2) is 39.8 Å². The first kappa shape index (κ1) is 26.0. The van der Waals surface area contributed by atoms with Gasteiger partial charge in [0.2, 0.25) is 0 Å². The van der Waals surface area contributed by atoms with E-state index in [-0.39, 0.29) is 11.1 Å². The molecule has 3 aromatic carbocycles. The highest BCUT2D eigenvalue weighted by atomic mass is 35.5. The minimum atomic E-state index is -6.04. The minimum absolute atomic E-state index is 0.0963. The molecule has 0 atom stereocenters. The van der Waals surface area contributed by atoms with Crippen molar-refractivity contribution in [3.05, 3.63) is 88.4 Å². The summed E-state index contributed by atoms with van der Waals surface area (Å²) in [5, 5.41) is 0.585. The van der Waals surface area contributed by atoms with E-state index in [9.17, 15) is 31.2 Å². The summed E-state index contributed by atoms with van der Waals surface area (Å²) in [6, 6.07) is 16.2. The number of carbonyl (C=O) groups excluding carboxylic acids is 2. The van der Waals surface area contributed by atoms with E-state index in [1.807, 2.05) is 24.1 Å². The molecule has 0 heterocycles. The molecule has 0 amide bonds. The molecule has 0 radical (unpaired) electrons. The van der Waals surface area contributed by atoms with E-state index in [0.29, 0.717) is 5.02 Å². The number of rotatable bonds is 7. The van der Waals surface area contributed by atoms with Gasteiger partial charge in [-0.05, 0) is 66.7 Å². The highest BCUT2D eigenvalue weighted by Gasteiger charge is 2.49. The fourth-order valence-corrected chi connectivity index (χ4v) is 3.60. The lowest BCUT2D eigenvalue weighted by Crippen LogP contribution is -2.28. The number of anilines is 2. The van der Waals surface area contributed by atoms with Crippen molar-refractivity contribution in [3.63, 3.8) is 0 Å². The summed E-state index contributed by atoms with van der Waals surface area (Å²) in [4.78, 5) is 26.8. The first-order valence-corrected chi connectivity index (χ1v) is 11.5. The lowest BCUT2D eigenvalue weighted by atomic mass is 10.0. The monoisotopic (exact) mass is 527 g/mol. The van der Waals surface area contributed by atoms with Crippen LogP contribution in [0, 0.1) is 0 Å². The van der Waals surface area contributed by atoms with Gasteiger partial charge in [-0.1, -0.05) is 11.6 Å². The predicted octanol–water partition coefficient (Wildman–Crippen LogP) is 5.35. The van der Waals surface area contributed by atoms with Gasteiger partial charge in [-0.15, -0.1) is 0 Å². The molecule has 0 aliphatic heterocycles. The van der Waals surface area contributed by atoms with Crippen LogP contribution in [0.3, 0.4) is 0 Å². The molecule has 0 unspecified atom stereocenters. The Balaban J connectivity index is 1.90. The third-order valence-corrected chi connectivity index (χ3v) is 6.08. The number of halogens is 4. The molecule has 3 rings (SSSR count).